The zero-order valence-corrected chi connectivity index (χ0v) is 11.8. The predicted octanol–water partition coefficient (Wildman–Crippen LogP) is 3.36. The fraction of sp³-hybridized carbons (Fsp3) is 0.625. The lowest BCUT2D eigenvalue weighted by atomic mass is 9.95. The molecule has 1 aliphatic heterocycles. The van der Waals surface area contributed by atoms with Crippen LogP contribution >= 0.6 is 0 Å². The predicted molar refractivity (Wildman–Crippen MR) is 76.4 cm³/mol. The number of nitrogens with one attached hydrogen (secondary N) is 1. The van der Waals surface area contributed by atoms with Crippen molar-refractivity contribution in [1.29, 1.82) is 0 Å². The summed E-state index contributed by atoms with van der Waals surface area (Å²) in [7, 11) is 1.78. The largest absolute Gasteiger partial charge is 0.496 e. The van der Waals surface area contributed by atoms with Gasteiger partial charge in [-0.3, -0.25) is 0 Å². The molecule has 100 valence electrons. The van der Waals surface area contributed by atoms with Crippen molar-refractivity contribution < 1.29 is 4.74 Å². The second-order valence-corrected chi connectivity index (χ2v) is 5.62. The Morgan fingerprint density at radius 3 is 2.83 bits per heavy atom. The summed E-state index contributed by atoms with van der Waals surface area (Å²) in [4.78, 5) is 0. The second kappa shape index (κ2) is 6.24. The maximum absolute atomic E-state index is 5.54. The Morgan fingerprint density at radius 2 is 2.22 bits per heavy atom. The zero-order chi connectivity index (χ0) is 13.0. The van der Waals surface area contributed by atoms with Crippen LogP contribution in [0.15, 0.2) is 18.2 Å². The van der Waals surface area contributed by atoms with Crippen molar-refractivity contribution in [2.45, 2.75) is 39.0 Å². The van der Waals surface area contributed by atoms with Gasteiger partial charge in [0, 0.05) is 0 Å². The molecular formula is C16H25NO. The Morgan fingerprint density at radius 1 is 1.39 bits per heavy atom. The molecule has 0 aliphatic carbocycles. The summed E-state index contributed by atoms with van der Waals surface area (Å²) in [6, 6.07) is 6.69. The number of hydrogen-bond acceptors (Lipinski definition) is 2. The number of methoxy groups -OCH3 is 1. The fourth-order valence-electron chi connectivity index (χ4n) is 2.65. The molecule has 18 heavy (non-hydrogen) atoms. The van der Waals surface area contributed by atoms with Crippen LogP contribution in [0.2, 0.25) is 0 Å². The average Bonchev–Trinajstić information content (AvgIpc) is 2.89. The van der Waals surface area contributed by atoms with E-state index in [0.29, 0.717) is 5.92 Å². The Hall–Kier alpha value is -1.02. The molecule has 0 bridgehead atoms. The van der Waals surface area contributed by atoms with Crippen molar-refractivity contribution in [3.63, 3.8) is 0 Å². The average molecular weight is 247 g/mol. The summed E-state index contributed by atoms with van der Waals surface area (Å²) in [5, 5.41) is 3.43. The van der Waals surface area contributed by atoms with Crippen LogP contribution in [-0.2, 0) is 6.42 Å². The summed E-state index contributed by atoms with van der Waals surface area (Å²) in [5.41, 5.74) is 2.71. The molecule has 2 heteroatoms. The van der Waals surface area contributed by atoms with Crippen LogP contribution in [0.1, 0.15) is 43.7 Å². The lowest BCUT2D eigenvalue weighted by Gasteiger charge is -2.14. The minimum atomic E-state index is 0.562. The van der Waals surface area contributed by atoms with Gasteiger partial charge in [0.05, 0.1) is 7.11 Å². The minimum absolute atomic E-state index is 0.562. The molecule has 0 radical (unpaired) electrons. The standard InChI is InChI=1S/C16H25NO/c1-12(2)15-7-6-14(16(10-15)18-3)5-4-13-8-9-17-11-13/h6-7,10,12-13,17H,4-5,8-9,11H2,1-3H3. The molecule has 1 aromatic rings. The van der Waals surface area contributed by atoms with Crippen LogP contribution in [0.4, 0.5) is 0 Å². The first-order valence-corrected chi connectivity index (χ1v) is 7.08. The first-order valence-electron chi connectivity index (χ1n) is 7.08. The molecule has 1 N–H and O–H groups in total. The molecule has 0 spiro atoms. The third-order valence-electron chi connectivity index (χ3n) is 3.96. The van der Waals surface area contributed by atoms with Crippen LogP contribution < -0.4 is 10.1 Å². The highest BCUT2D eigenvalue weighted by molar-refractivity contribution is 5.38. The van der Waals surface area contributed by atoms with E-state index in [0.717, 1.165) is 18.1 Å². The van der Waals surface area contributed by atoms with Crippen molar-refractivity contribution in [1.82, 2.24) is 5.32 Å². The Labute approximate surface area is 111 Å². The van der Waals surface area contributed by atoms with Gasteiger partial charge in [0.25, 0.3) is 0 Å². The van der Waals surface area contributed by atoms with Crippen molar-refractivity contribution in [2.75, 3.05) is 20.2 Å². The van der Waals surface area contributed by atoms with E-state index >= 15 is 0 Å². The first kappa shape index (κ1) is 13.4. The van der Waals surface area contributed by atoms with Crippen LogP contribution in [0.25, 0.3) is 0 Å². The van der Waals surface area contributed by atoms with E-state index in [2.05, 4.69) is 37.4 Å². The van der Waals surface area contributed by atoms with Gasteiger partial charge in [-0.25, -0.2) is 0 Å². The molecule has 1 atom stereocenters. The highest BCUT2D eigenvalue weighted by Gasteiger charge is 2.15. The number of benzene rings is 1. The van der Waals surface area contributed by atoms with Crippen molar-refractivity contribution in [3.05, 3.63) is 29.3 Å². The van der Waals surface area contributed by atoms with Gasteiger partial charge in [-0.05, 0) is 61.4 Å². The first-order chi connectivity index (χ1) is 8.70. The van der Waals surface area contributed by atoms with E-state index in [4.69, 9.17) is 4.74 Å². The van der Waals surface area contributed by atoms with Crippen molar-refractivity contribution >= 4 is 0 Å². The van der Waals surface area contributed by atoms with Gasteiger partial charge < -0.3 is 10.1 Å². The van der Waals surface area contributed by atoms with Gasteiger partial charge >= 0.3 is 0 Å². The van der Waals surface area contributed by atoms with Crippen LogP contribution in [-0.4, -0.2) is 20.2 Å². The smallest absolute Gasteiger partial charge is 0.122 e. The van der Waals surface area contributed by atoms with E-state index < -0.39 is 0 Å². The molecule has 1 unspecified atom stereocenters. The minimum Gasteiger partial charge on any atom is -0.496 e. The molecule has 1 saturated heterocycles. The van der Waals surface area contributed by atoms with Crippen molar-refractivity contribution in [3.8, 4) is 5.75 Å². The van der Waals surface area contributed by atoms with Gasteiger partial charge in [0.15, 0.2) is 0 Å². The quantitative estimate of drug-likeness (QED) is 0.861. The number of ether oxygens (including phenoxy) is 1. The van der Waals surface area contributed by atoms with E-state index in [1.165, 1.54) is 37.1 Å². The van der Waals surface area contributed by atoms with E-state index in [1.807, 2.05) is 0 Å². The number of rotatable bonds is 5. The molecule has 0 amide bonds. The summed E-state index contributed by atoms with van der Waals surface area (Å²) in [6.45, 7) is 6.82. The molecule has 1 aliphatic rings. The summed E-state index contributed by atoms with van der Waals surface area (Å²) < 4.78 is 5.54. The molecular weight excluding hydrogens is 222 g/mol. The molecule has 0 saturated carbocycles. The molecule has 1 aromatic carbocycles. The molecule has 1 fully saturated rings. The lowest BCUT2D eigenvalue weighted by molar-refractivity contribution is 0.406. The Bertz CT molecular complexity index is 381. The summed E-state index contributed by atoms with van der Waals surface area (Å²) in [5.74, 6) is 2.47. The summed E-state index contributed by atoms with van der Waals surface area (Å²) in [6.07, 6.45) is 3.73. The van der Waals surface area contributed by atoms with Crippen molar-refractivity contribution in [2.24, 2.45) is 5.92 Å². The Balaban J connectivity index is 2.02. The van der Waals surface area contributed by atoms with E-state index in [1.54, 1.807) is 7.11 Å². The molecule has 1 heterocycles. The third-order valence-corrected chi connectivity index (χ3v) is 3.96. The maximum Gasteiger partial charge on any atom is 0.122 e. The van der Waals surface area contributed by atoms with E-state index in [9.17, 15) is 0 Å². The van der Waals surface area contributed by atoms with Gasteiger partial charge in [-0.15, -0.1) is 0 Å². The molecule has 0 aromatic heterocycles. The van der Waals surface area contributed by atoms with Gasteiger partial charge in [-0.1, -0.05) is 26.0 Å². The maximum atomic E-state index is 5.54. The van der Waals surface area contributed by atoms with Gasteiger partial charge in [-0.2, -0.15) is 0 Å². The second-order valence-electron chi connectivity index (χ2n) is 5.62. The normalized spacial score (nSPS) is 19.4. The lowest BCUT2D eigenvalue weighted by Crippen LogP contribution is -2.09. The number of hydrogen-bond donors (Lipinski definition) is 1. The van der Waals surface area contributed by atoms with E-state index in [-0.39, 0.29) is 0 Å². The highest BCUT2D eigenvalue weighted by atomic mass is 16.5. The fourth-order valence-corrected chi connectivity index (χ4v) is 2.65. The van der Waals surface area contributed by atoms with Crippen LogP contribution in [0.5, 0.6) is 5.75 Å². The zero-order valence-electron chi connectivity index (χ0n) is 11.8. The SMILES string of the molecule is COc1cc(C(C)C)ccc1CCC1CCNC1. The van der Waals surface area contributed by atoms with Crippen LogP contribution in [0.3, 0.4) is 0 Å². The number of aryl methyl sites for hydroxylation is 1. The summed E-state index contributed by atoms with van der Waals surface area (Å²) >= 11 is 0. The molecule has 2 nitrogen and oxygen atoms in total. The Kier molecular flexibility index (Phi) is 4.65. The van der Waals surface area contributed by atoms with Crippen LogP contribution in [0, 0.1) is 5.92 Å². The highest BCUT2D eigenvalue weighted by Crippen LogP contribution is 2.27. The molecule has 2 rings (SSSR count). The third kappa shape index (κ3) is 3.26. The van der Waals surface area contributed by atoms with Gasteiger partial charge in [0.2, 0.25) is 0 Å². The monoisotopic (exact) mass is 247 g/mol. The topological polar surface area (TPSA) is 21.3 Å². The van der Waals surface area contributed by atoms with Gasteiger partial charge in [0.1, 0.15) is 5.75 Å².